The summed E-state index contributed by atoms with van der Waals surface area (Å²) in [6, 6.07) is 2.12. The normalized spacial score (nSPS) is 13.1. The third kappa shape index (κ3) is 1.61. The van der Waals surface area contributed by atoms with E-state index in [-0.39, 0.29) is 6.04 Å². The van der Waals surface area contributed by atoms with Gasteiger partial charge in [-0.3, -0.25) is 0 Å². The molecular weight excluding hydrogens is 184 g/mol. The van der Waals surface area contributed by atoms with Gasteiger partial charge in [0.15, 0.2) is 5.82 Å². The zero-order valence-corrected chi connectivity index (χ0v) is 8.01. The molecule has 2 rings (SSSR count). The Morgan fingerprint density at radius 3 is 3.00 bits per heavy atom. The zero-order valence-electron chi connectivity index (χ0n) is 7.19. The van der Waals surface area contributed by atoms with E-state index in [0.29, 0.717) is 0 Å². The number of thiophene rings is 1. The Kier molecular flexibility index (Phi) is 2.12. The summed E-state index contributed by atoms with van der Waals surface area (Å²) in [5.74, 6) is 0.795. The topological polar surface area (TPSA) is 67.6 Å². The zero-order chi connectivity index (χ0) is 9.26. The summed E-state index contributed by atoms with van der Waals surface area (Å²) in [5, 5.41) is 9.67. The van der Waals surface area contributed by atoms with Crippen molar-refractivity contribution in [2.24, 2.45) is 5.73 Å². The van der Waals surface area contributed by atoms with Crippen molar-refractivity contribution in [2.45, 2.75) is 13.0 Å². The van der Waals surface area contributed by atoms with Crippen molar-refractivity contribution in [1.82, 2.24) is 15.2 Å². The molecule has 2 aromatic rings. The molecule has 0 amide bonds. The molecule has 2 heterocycles. The highest BCUT2D eigenvalue weighted by atomic mass is 32.1. The van der Waals surface area contributed by atoms with Crippen molar-refractivity contribution in [3.05, 3.63) is 22.7 Å². The molecule has 4 nitrogen and oxygen atoms in total. The van der Waals surface area contributed by atoms with Crippen LogP contribution in [0.15, 0.2) is 17.8 Å². The van der Waals surface area contributed by atoms with Gasteiger partial charge < -0.3 is 10.7 Å². The van der Waals surface area contributed by atoms with E-state index in [1.807, 2.05) is 18.4 Å². The van der Waals surface area contributed by atoms with Gasteiger partial charge in [-0.25, -0.2) is 0 Å². The molecule has 1 unspecified atom stereocenters. The van der Waals surface area contributed by atoms with E-state index >= 15 is 0 Å². The fraction of sp³-hybridized carbons (Fsp3) is 0.250. The van der Waals surface area contributed by atoms with Crippen molar-refractivity contribution in [3.8, 4) is 11.4 Å². The number of aromatic amines is 1. The van der Waals surface area contributed by atoms with E-state index in [9.17, 15) is 0 Å². The average Bonchev–Trinajstić information content (AvgIpc) is 2.75. The molecule has 0 saturated carbocycles. The Labute approximate surface area is 79.8 Å². The molecule has 0 aliphatic heterocycles. The van der Waals surface area contributed by atoms with Crippen molar-refractivity contribution >= 4 is 11.3 Å². The summed E-state index contributed by atoms with van der Waals surface area (Å²) in [4.78, 5) is 4.11. The van der Waals surface area contributed by atoms with Crippen molar-refractivity contribution < 1.29 is 0 Å². The first kappa shape index (κ1) is 8.40. The average molecular weight is 194 g/mol. The molecule has 0 fully saturated rings. The molecule has 2 aromatic heterocycles. The lowest BCUT2D eigenvalue weighted by Gasteiger charge is -1.97. The van der Waals surface area contributed by atoms with E-state index in [4.69, 9.17) is 5.73 Å². The lowest BCUT2D eigenvalue weighted by molar-refractivity contribution is 0.838. The van der Waals surface area contributed by atoms with E-state index in [1.165, 1.54) is 0 Å². The fourth-order valence-corrected chi connectivity index (χ4v) is 1.91. The molecule has 3 N–H and O–H groups in total. The molecule has 0 spiro atoms. The maximum absolute atomic E-state index is 5.74. The molecule has 1 atom stereocenters. The van der Waals surface area contributed by atoms with Crippen molar-refractivity contribution in [1.29, 1.82) is 0 Å². The van der Waals surface area contributed by atoms with Gasteiger partial charge in [-0.2, -0.15) is 0 Å². The van der Waals surface area contributed by atoms with Gasteiger partial charge in [0.1, 0.15) is 6.33 Å². The molecular formula is C8H10N4S. The minimum Gasteiger partial charge on any atom is -0.328 e. The quantitative estimate of drug-likeness (QED) is 0.762. The summed E-state index contributed by atoms with van der Waals surface area (Å²) in [7, 11) is 0. The Bertz CT molecular complexity index is 377. The first-order valence-electron chi connectivity index (χ1n) is 3.98. The second-order valence-corrected chi connectivity index (χ2v) is 3.81. The van der Waals surface area contributed by atoms with Crippen LogP contribution in [0.2, 0.25) is 0 Å². The van der Waals surface area contributed by atoms with Gasteiger partial charge in [0.25, 0.3) is 0 Å². The van der Waals surface area contributed by atoms with Crippen LogP contribution in [0.25, 0.3) is 11.4 Å². The van der Waals surface area contributed by atoms with Gasteiger partial charge in [0, 0.05) is 21.9 Å². The maximum Gasteiger partial charge on any atom is 0.161 e. The van der Waals surface area contributed by atoms with Crippen LogP contribution in [0.1, 0.15) is 17.8 Å². The molecule has 0 aromatic carbocycles. The molecule has 0 radical (unpaired) electrons. The lowest BCUT2D eigenvalue weighted by Crippen LogP contribution is -2.01. The monoisotopic (exact) mass is 194 g/mol. The minimum absolute atomic E-state index is 0.0849. The van der Waals surface area contributed by atoms with Gasteiger partial charge in [0.05, 0.1) is 0 Å². The molecule has 13 heavy (non-hydrogen) atoms. The Morgan fingerprint density at radius 2 is 2.46 bits per heavy atom. The molecule has 0 bridgehead atoms. The van der Waals surface area contributed by atoms with E-state index in [1.54, 1.807) is 17.7 Å². The highest BCUT2D eigenvalue weighted by Gasteiger charge is 2.06. The molecule has 0 aliphatic rings. The van der Waals surface area contributed by atoms with Gasteiger partial charge in [-0.05, 0) is 13.0 Å². The smallest absolute Gasteiger partial charge is 0.161 e. The molecule has 68 valence electrons. The first-order chi connectivity index (χ1) is 6.27. The molecule has 5 heteroatoms. The largest absolute Gasteiger partial charge is 0.328 e. The van der Waals surface area contributed by atoms with Gasteiger partial charge in [-0.1, -0.05) is 0 Å². The number of nitrogens with one attached hydrogen (secondary N) is 1. The summed E-state index contributed by atoms with van der Waals surface area (Å²) >= 11 is 1.64. The van der Waals surface area contributed by atoms with E-state index < -0.39 is 0 Å². The highest BCUT2D eigenvalue weighted by molar-refractivity contribution is 7.10. The van der Waals surface area contributed by atoms with Crippen LogP contribution in [0, 0.1) is 0 Å². The van der Waals surface area contributed by atoms with Crippen LogP contribution < -0.4 is 5.73 Å². The number of aromatic nitrogens is 3. The van der Waals surface area contributed by atoms with Crippen LogP contribution in [0.5, 0.6) is 0 Å². The van der Waals surface area contributed by atoms with Crippen LogP contribution in [0.4, 0.5) is 0 Å². The standard InChI is InChI=1S/C8H10N4S/c1-5(9)7-2-6(3-13-7)8-10-4-11-12-8/h2-5H,9H2,1H3,(H,10,11,12). The van der Waals surface area contributed by atoms with Crippen LogP contribution in [-0.2, 0) is 0 Å². The predicted molar refractivity (Wildman–Crippen MR) is 52.3 cm³/mol. The predicted octanol–water partition coefficient (Wildman–Crippen LogP) is 1.55. The Balaban J connectivity index is 2.33. The lowest BCUT2D eigenvalue weighted by atomic mass is 10.2. The molecule has 0 aliphatic carbocycles. The number of nitrogens with two attached hydrogens (primary N) is 1. The number of hydrogen-bond donors (Lipinski definition) is 2. The van der Waals surface area contributed by atoms with Gasteiger partial charge >= 0.3 is 0 Å². The highest BCUT2D eigenvalue weighted by Crippen LogP contribution is 2.25. The number of rotatable bonds is 2. The van der Waals surface area contributed by atoms with E-state index in [0.717, 1.165) is 16.3 Å². The third-order valence-corrected chi connectivity index (χ3v) is 2.89. The van der Waals surface area contributed by atoms with Crippen molar-refractivity contribution in [2.75, 3.05) is 0 Å². The Morgan fingerprint density at radius 1 is 1.62 bits per heavy atom. The number of hydrogen-bond acceptors (Lipinski definition) is 4. The minimum atomic E-state index is 0.0849. The second-order valence-electron chi connectivity index (χ2n) is 2.86. The number of H-pyrrole nitrogens is 1. The Hall–Kier alpha value is -1.20. The van der Waals surface area contributed by atoms with Gasteiger partial charge in [-0.15, -0.1) is 21.5 Å². The summed E-state index contributed by atoms with van der Waals surface area (Å²) < 4.78 is 0. The third-order valence-electron chi connectivity index (χ3n) is 1.76. The first-order valence-corrected chi connectivity index (χ1v) is 4.86. The summed E-state index contributed by atoms with van der Waals surface area (Å²) in [6.45, 7) is 1.97. The van der Waals surface area contributed by atoms with Crippen molar-refractivity contribution in [3.63, 3.8) is 0 Å². The van der Waals surface area contributed by atoms with Gasteiger partial charge in [0.2, 0.25) is 0 Å². The van der Waals surface area contributed by atoms with Crippen LogP contribution in [0.3, 0.4) is 0 Å². The van der Waals surface area contributed by atoms with Crippen LogP contribution in [-0.4, -0.2) is 15.2 Å². The van der Waals surface area contributed by atoms with E-state index in [2.05, 4.69) is 15.2 Å². The second kappa shape index (κ2) is 3.27. The number of nitrogens with zero attached hydrogens (tertiary/aromatic N) is 2. The summed E-state index contributed by atoms with van der Waals surface area (Å²) in [5.41, 5.74) is 6.80. The SMILES string of the molecule is CC(N)c1cc(-c2nnc[nH]2)cs1. The summed E-state index contributed by atoms with van der Waals surface area (Å²) in [6.07, 6.45) is 1.57. The molecule has 0 saturated heterocycles. The fourth-order valence-electron chi connectivity index (χ4n) is 1.06. The maximum atomic E-state index is 5.74. The van der Waals surface area contributed by atoms with Crippen LogP contribution >= 0.6 is 11.3 Å².